The molecule has 2 aliphatic heterocycles. The molecule has 3 heterocycles. The first-order valence-corrected chi connectivity index (χ1v) is 17.2. The molecule has 0 radical (unpaired) electrons. The molecule has 3 unspecified atom stereocenters. The van der Waals surface area contributed by atoms with E-state index in [1.54, 1.807) is 31.0 Å². The lowest BCUT2D eigenvalue weighted by molar-refractivity contribution is -0.143. The maximum absolute atomic E-state index is 13.9. The zero-order valence-corrected chi connectivity index (χ0v) is 29.8. The van der Waals surface area contributed by atoms with E-state index in [1.807, 2.05) is 32.9 Å². The second kappa shape index (κ2) is 15.4. The number of methoxy groups -OCH3 is 1. The largest absolute Gasteiger partial charge is 0.494 e. The van der Waals surface area contributed by atoms with Crippen LogP contribution in [-0.2, 0) is 14.4 Å². The van der Waals surface area contributed by atoms with E-state index in [2.05, 4.69) is 60.1 Å². The molecule has 2 fully saturated rings. The van der Waals surface area contributed by atoms with E-state index in [1.165, 1.54) is 19.1 Å². The van der Waals surface area contributed by atoms with Crippen molar-refractivity contribution in [3.05, 3.63) is 42.7 Å². The first-order chi connectivity index (χ1) is 23.4. The number of hydrogen-bond donors (Lipinski definition) is 4. The third-order valence-corrected chi connectivity index (χ3v) is 9.59. The van der Waals surface area contributed by atoms with Gasteiger partial charge in [-0.2, -0.15) is 0 Å². The number of ether oxygens (including phenoxy) is 1. The van der Waals surface area contributed by atoms with Crippen molar-refractivity contribution in [3.8, 4) is 5.75 Å². The first kappa shape index (κ1) is 35.8. The van der Waals surface area contributed by atoms with E-state index < -0.39 is 23.5 Å². The molecule has 49 heavy (non-hydrogen) atoms. The number of benzene rings is 2. The van der Waals surface area contributed by atoms with E-state index in [0.717, 1.165) is 38.4 Å². The number of anilines is 4. The Balaban J connectivity index is 1.34. The summed E-state index contributed by atoms with van der Waals surface area (Å²) in [7, 11) is 3.23. The molecule has 13 nitrogen and oxygen atoms in total. The summed E-state index contributed by atoms with van der Waals surface area (Å²) < 4.78 is 5.66. The van der Waals surface area contributed by atoms with Gasteiger partial charge in [0.1, 0.15) is 30.0 Å². The fraction of sp³-hybridized carbons (Fsp3) is 0.528. The zero-order valence-electron chi connectivity index (χ0n) is 29.8. The number of carbonyl (C=O) groups excluding carboxylic acids is 3. The van der Waals surface area contributed by atoms with E-state index >= 15 is 0 Å². The standard InChI is InChI=1S/C36H51N9O4/c1-8-43-16-18-44(19-17-43)25-13-11-24(12-14-25)40-32-26-20-28(30(49-7)21-27(26)38-22-39-32)41-34(47)29-10-9-15-45(29)35(48)31(36(3,4)5)42-33(46)23(2)37-6/h11-14,20-23,29,31,37H,8-10,15-19H2,1-7H3,(H,41,47)(H,42,46)(H,38,39,40). The molecule has 3 atom stereocenters. The normalized spacial score (nSPS) is 18.2. The summed E-state index contributed by atoms with van der Waals surface area (Å²) in [5.41, 5.74) is 2.59. The molecule has 0 saturated carbocycles. The van der Waals surface area contributed by atoms with Gasteiger partial charge in [0.2, 0.25) is 17.7 Å². The van der Waals surface area contributed by atoms with Crippen molar-refractivity contribution in [1.82, 2.24) is 30.4 Å². The van der Waals surface area contributed by atoms with Crippen LogP contribution in [0.25, 0.3) is 10.9 Å². The van der Waals surface area contributed by atoms with Crippen LogP contribution in [-0.4, -0.2) is 109 Å². The monoisotopic (exact) mass is 673 g/mol. The fourth-order valence-electron chi connectivity index (χ4n) is 6.40. The molecule has 5 rings (SSSR count). The van der Waals surface area contributed by atoms with Crippen LogP contribution in [0.2, 0.25) is 0 Å². The molecule has 3 amide bonds. The molecular formula is C36H51N9O4. The van der Waals surface area contributed by atoms with Gasteiger partial charge in [0, 0.05) is 55.6 Å². The fourth-order valence-corrected chi connectivity index (χ4v) is 6.40. The summed E-state index contributed by atoms with van der Waals surface area (Å²) in [6.45, 7) is 15.3. The number of amides is 3. The third kappa shape index (κ3) is 8.22. The molecular weight excluding hydrogens is 622 g/mol. The Morgan fingerprint density at radius 2 is 1.73 bits per heavy atom. The Morgan fingerprint density at radius 3 is 2.37 bits per heavy atom. The quantitative estimate of drug-likeness (QED) is 0.239. The van der Waals surface area contributed by atoms with Gasteiger partial charge in [0.25, 0.3) is 0 Å². The summed E-state index contributed by atoms with van der Waals surface area (Å²) in [6, 6.07) is 9.92. The topological polar surface area (TPSA) is 144 Å². The molecule has 4 N–H and O–H groups in total. The Kier molecular flexibility index (Phi) is 11.2. The number of rotatable bonds is 11. The summed E-state index contributed by atoms with van der Waals surface area (Å²) in [5, 5.41) is 13.0. The Labute approximate surface area is 289 Å². The Bertz CT molecular complexity index is 1630. The average Bonchev–Trinajstić information content (AvgIpc) is 3.60. The summed E-state index contributed by atoms with van der Waals surface area (Å²) in [4.78, 5) is 56.0. The SMILES string of the molecule is CCN1CCN(c2ccc(Nc3ncnc4cc(OC)c(NC(=O)C5CCCN5C(=O)C(NC(=O)C(C)NC)C(C)(C)C)cc34)cc2)CC1. The van der Waals surface area contributed by atoms with Gasteiger partial charge < -0.3 is 40.7 Å². The van der Waals surface area contributed by atoms with Gasteiger partial charge >= 0.3 is 0 Å². The smallest absolute Gasteiger partial charge is 0.247 e. The Hall–Kier alpha value is -4.49. The van der Waals surface area contributed by atoms with Gasteiger partial charge in [0.15, 0.2) is 0 Å². The molecule has 3 aromatic rings. The number of aromatic nitrogens is 2. The van der Waals surface area contributed by atoms with Crippen molar-refractivity contribution in [1.29, 1.82) is 0 Å². The van der Waals surface area contributed by atoms with Crippen LogP contribution < -0.4 is 30.9 Å². The van der Waals surface area contributed by atoms with Crippen molar-refractivity contribution in [2.45, 2.75) is 65.6 Å². The molecule has 0 bridgehead atoms. The molecule has 2 aliphatic rings. The first-order valence-electron chi connectivity index (χ1n) is 17.2. The lowest BCUT2D eigenvalue weighted by Crippen LogP contribution is -2.59. The highest BCUT2D eigenvalue weighted by atomic mass is 16.5. The molecule has 2 aromatic carbocycles. The van der Waals surface area contributed by atoms with Gasteiger partial charge in [-0.25, -0.2) is 9.97 Å². The molecule has 264 valence electrons. The van der Waals surface area contributed by atoms with E-state index in [9.17, 15) is 14.4 Å². The zero-order chi connectivity index (χ0) is 35.3. The average molecular weight is 674 g/mol. The van der Waals surface area contributed by atoms with Crippen molar-refractivity contribution < 1.29 is 19.1 Å². The number of nitrogens with one attached hydrogen (secondary N) is 4. The highest BCUT2D eigenvalue weighted by Crippen LogP contribution is 2.34. The van der Waals surface area contributed by atoms with Crippen LogP contribution in [0, 0.1) is 5.41 Å². The van der Waals surface area contributed by atoms with Crippen molar-refractivity contribution in [2.75, 3.05) is 69.0 Å². The number of likely N-dealkylation sites (tertiary alicyclic amines) is 1. The van der Waals surface area contributed by atoms with Crippen molar-refractivity contribution in [2.24, 2.45) is 5.41 Å². The van der Waals surface area contributed by atoms with Crippen LogP contribution in [0.15, 0.2) is 42.7 Å². The number of piperazine rings is 1. The van der Waals surface area contributed by atoms with Crippen LogP contribution >= 0.6 is 0 Å². The second-order valence-corrected chi connectivity index (χ2v) is 13.9. The summed E-state index contributed by atoms with van der Waals surface area (Å²) in [6.07, 6.45) is 2.67. The van der Waals surface area contributed by atoms with Crippen LogP contribution in [0.1, 0.15) is 47.5 Å². The molecule has 0 spiro atoms. The van der Waals surface area contributed by atoms with E-state index in [0.29, 0.717) is 47.5 Å². The minimum Gasteiger partial charge on any atom is -0.494 e. The Morgan fingerprint density at radius 1 is 1.02 bits per heavy atom. The molecule has 13 heteroatoms. The van der Waals surface area contributed by atoms with E-state index in [-0.39, 0.29) is 17.7 Å². The third-order valence-electron chi connectivity index (χ3n) is 9.59. The van der Waals surface area contributed by atoms with Crippen molar-refractivity contribution in [3.63, 3.8) is 0 Å². The summed E-state index contributed by atoms with van der Waals surface area (Å²) >= 11 is 0. The number of fused-ring (bicyclic) bond motifs is 1. The maximum atomic E-state index is 13.9. The molecule has 0 aliphatic carbocycles. The van der Waals surface area contributed by atoms with Crippen molar-refractivity contribution >= 4 is 51.5 Å². The minimum atomic E-state index is -0.800. The van der Waals surface area contributed by atoms with Crippen LogP contribution in [0.4, 0.5) is 22.9 Å². The second-order valence-electron chi connectivity index (χ2n) is 13.9. The van der Waals surface area contributed by atoms with Gasteiger partial charge in [0.05, 0.1) is 24.4 Å². The van der Waals surface area contributed by atoms with Gasteiger partial charge in [-0.3, -0.25) is 14.4 Å². The van der Waals surface area contributed by atoms with Crippen LogP contribution in [0.3, 0.4) is 0 Å². The lowest BCUT2D eigenvalue weighted by atomic mass is 9.85. The van der Waals surface area contributed by atoms with Gasteiger partial charge in [-0.1, -0.05) is 27.7 Å². The van der Waals surface area contributed by atoms with Gasteiger partial charge in [-0.05, 0) is 69.1 Å². The van der Waals surface area contributed by atoms with Gasteiger partial charge in [-0.15, -0.1) is 0 Å². The highest BCUT2D eigenvalue weighted by Gasteiger charge is 2.42. The molecule has 1 aromatic heterocycles. The number of hydrogen-bond acceptors (Lipinski definition) is 10. The predicted molar refractivity (Wildman–Crippen MR) is 193 cm³/mol. The summed E-state index contributed by atoms with van der Waals surface area (Å²) in [5.74, 6) is 0.151. The number of carbonyl (C=O) groups is 3. The minimum absolute atomic E-state index is 0.273. The number of likely N-dealkylation sites (N-methyl/N-ethyl adjacent to an activating group) is 2. The van der Waals surface area contributed by atoms with Crippen LogP contribution in [0.5, 0.6) is 5.75 Å². The molecule has 2 saturated heterocycles. The number of nitrogens with zero attached hydrogens (tertiary/aromatic N) is 5. The van der Waals surface area contributed by atoms with E-state index in [4.69, 9.17) is 4.74 Å². The maximum Gasteiger partial charge on any atom is 0.247 e. The highest BCUT2D eigenvalue weighted by molar-refractivity contribution is 6.03. The predicted octanol–water partition coefficient (Wildman–Crippen LogP) is 3.59. The lowest BCUT2D eigenvalue weighted by Gasteiger charge is -2.36.